The molecule has 3 aliphatic rings. The summed E-state index contributed by atoms with van der Waals surface area (Å²) < 4.78 is 5.00. The lowest BCUT2D eigenvalue weighted by molar-refractivity contribution is -0.145. The maximum atomic E-state index is 12.5. The van der Waals surface area contributed by atoms with Crippen LogP contribution < -0.4 is 0 Å². The predicted octanol–water partition coefficient (Wildman–Crippen LogP) is 1.83. The van der Waals surface area contributed by atoms with E-state index in [0.29, 0.717) is 17.4 Å². The Morgan fingerprint density at radius 2 is 1.62 bits per heavy atom. The molecule has 0 N–H and O–H groups in total. The molecule has 0 spiro atoms. The molecule has 3 fully saturated rings. The summed E-state index contributed by atoms with van der Waals surface area (Å²) in [6.45, 7) is -0.289. The number of ether oxygens (including phenoxy) is 1. The summed E-state index contributed by atoms with van der Waals surface area (Å²) in [6.07, 6.45) is 2.98. The fourth-order valence-corrected chi connectivity index (χ4v) is 4.82. The number of carbonyl (C=O) groups is 4. The molecule has 4 rings (SSSR count). The van der Waals surface area contributed by atoms with Gasteiger partial charge in [0.15, 0.2) is 12.4 Å². The van der Waals surface area contributed by atoms with Crippen molar-refractivity contribution in [1.82, 2.24) is 4.90 Å². The highest BCUT2D eigenvalue weighted by molar-refractivity contribution is 6.06. The quantitative estimate of drug-likeness (QED) is 0.442. The van der Waals surface area contributed by atoms with Gasteiger partial charge in [0.2, 0.25) is 11.8 Å². The highest BCUT2D eigenvalue weighted by Crippen LogP contribution is 2.56. The van der Waals surface area contributed by atoms with Gasteiger partial charge in [-0.15, -0.1) is 0 Å². The smallest absolute Gasteiger partial charge is 0.308 e. The van der Waals surface area contributed by atoms with Crippen molar-refractivity contribution in [3.8, 4) is 0 Å². The summed E-state index contributed by atoms with van der Waals surface area (Å²) in [5.74, 6) is -0.772. The van der Waals surface area contributed by atoms with E-state index in [1.807, 2.05) is 0 Å². The van der Waals surface area contributed by atoms with E-state index in [-0.39, 0.29) is 49.0 Å². The van der Waals surface area contributed by atoms with Gasteiger partial charge in [0, 0.05) is 12.1 Å². The molecule has 1 saturated heterocycles. The summed E-state index contributed by atoms with van der Waals surface area (Å²) in [5.41, 5.74) is 0.480. The van der Waals surface area contributed by atoms with Gasteiger partial charge in [0.05, 0.1) is 18.3 Å². The van der Waals surface area contributed by atoms with Gasteiger partial charge in [-0.3, -0.25) is 24.1 Å². The molecule has 1 aliphatic heterocycles. The second kappa shape index (κ2) is 6.67. The number of hydrogen-bond donors (Lipinski definition) is 0. The van der Waals surface area contributed by atoms with E-state index in [9.17, 15) is 19.2 Å². The SMILES string of the molecule is O=C(CCN1C(=O)[C@@H]2[C@H]3CC[C@@H](C3)[C@@H]2C1=O)OCC(=O)c1ccccc1. The van der Waals surface area contributed by atoms with Crippen molar-refractivity contribution in [2.24, 2.45) is 23.7 Å². The minimum atomic E-state index is -0.574. The number of nitrogens with zero attached hydrogens (tertiary/aromatic N) is 1. The van der Waals surface area contributed by atoms with Crippen LogP contribution in [0.15, 0.2) is 30.3 Å². The van der Waals surface area contributed by atoms with Crippen LogP contribution in [0.4, 0.5) is 0 Å². The number of carbonyl (C=O) groups excluding carboxylic acids is 4. The second-order valence-electron chi connectivity index (χ2n) is 7.41. The van der Waals surface area contributed by atoms with Crippen LogP contribution in [-0.2, 0) is 19.1 Å². The van der Waals surface area contributed by atoms with E-state index in [0.717, 1.165) is 19.3 Å². The van der Waals surface area contributed by atoms with Crippen molar-refractivity contribution < 1.29 is 23.9 Å². The lowest BCUT2D eigenvalue weighted by atomic mass is 9.81. The lowest BCUT2D eigenvalue weighted by Crippen LogP contribution is -2.35. The van der Waals surface area contributed by atoms with Crippen molar-refractivity contribution in [2.45, 2.75) is 25.7 Å². The second-order valence-corrected chi connectivity index (χ2v) is 7.41. The van der Waals surface area contributed by atoms with Gasteiger partial charge in [-0.05, 0) is 31.1 Å². The summed E-state index contributed by atoms with van der Waals surface area (Å²) in [4.78, 5) is 50.2. The molecule has 6 heteroatoms. The maximum absolute atomic E-state index is 12.5. The molecule has 0 aromatic heterocycles. The molecule has 1 heterocycles. The third kappa shape index (κ3) is 2.83. The van der Waals surface area contributed by atoms with Crippen LogP contribution in [0.2, 0.25) is 0 Å². The summed E-state index contributed by atoms with van der Waals surface area (Å²) in [5, 5.41) is 0. The van der Waals surface area contributed by atoms with Crippen LogP contribution in [0.25, 0.3) is 0 Å². The van der Waals surface area contributed by atoms with Crippen LogP contribution in [0.3, 0.4) is 0 Å². The number of Topliss-reactive ketones (excluding diaryl/α,β-unsaturated/α-hetero) is 1. The molecule has 2 bridgehead atoms. The summed E-state index contributed by atoms with van der Waals surface area (Å²) in [6, 6.07) is 8.59. The molecule has 26 heavy (non-hydrogen) atoms. The Morgan fingerprint density at radius 3 is 2.23 bits per heavy atom. The van der Waals surface area contributed by atoms with Crippen LogP contribution in [0.1, 0.15) is 36.0 Å². The molecular weight excluding hydrogens is 334 g/mol. The first-order chi connectivity index (χ1) is 12.6. The molecule has 2 saturated carbocycles. The van der Waals surface area contributed by atoms with Gasteiger partial charge in [-0.1, -0.05) is 30.3 Å². The number of amides is 2. The first-order valence-corrected chi connectivity index (χ1v) is 9.15. The van der Waals surface area contributed by atoms with Crippen molar-refractivity contribution in [2.75, 3.05) is 13.2 Å². The minimum absolute atomic E-state index is 0.0441. The third-order valence-electron chi connectivity index (χ3n) is 6.02. The van der Waals surface area contributed by atoms with Crippen LogP contribution >= 0.6 is 0 Å². The zero-order chi connectivity index (χ0) is 18.3. The van der Waals surface area contributed by atoms with Gasteiger partial charge in [0.25, 0.3) is 0 Å². The Bertz CT molecular complexity index is 731. The van der Waals surface area contributed by atoms with Crippen molar-refractivity contribution >= 4 is 23.6 Å². The molecule has 2 amide bonds. The zero-order valence-electron chi connectivity index (χ0n) is 14.4. The largest absolute Gasteiger partial charge is 0.457 e. The molecule has 136 valence electrons. The monoisotopic (exact) mass is 355 g/mol. The van der Waals surface area contributed by atoms with E-state index in [1.165, 1.54) is 4.90 Å². The van der Waals surface area contributed by atoms with E-state index >= 15 is 0 Å². The minimum Gasteiger partial charge on any atom is -0.457 e. The third-order valence-corrected chi connectivity index (χ3v) is 6.02. The van der Waals surface area contributed by atoms with Gasteiger partial charge >= 0.3 is 5.97 Å². The number of rotatable bonds is 6. The van der Waals surface area contributed by atoms with E-state index in [1.54, 1.807) is 30.3 Å². The van der Waals surface area contributed by atoms with Crippen LogP contribution in [0, 0.1) is 23.7 Å². The van der Waals surface area contributed by atoms with Gasteiger partial charge < -0.3 is 4.74 Å². The summed E-state index contributed by atoms with van der Waals surface area (Å²) >= 11 is 0. The van der Waals surface area contributed by atoms with Gasteiger partial charge in [-0.2, -0.15) is 0 Å². The molecular formula is C20H21NO5. The van der Waals surface area contributed by atoms with E-state index in [2.05, 4.69) is 0 Å². The van der Waals surface area contributed by atoms with E-state index < -0.39 is 5.97 Å². The number of ketones is 1. The number of esters is 1. The van der Waals surface area contributed by atoms with Gasteiger partial charge in [-0.25, -0.2) is 0 Å². The normalized spacial score (nSPS) is 29.2. The zero-order valence-corrected chi connectivity index (χ0v) is 14.4. The fraction of sp³-hybridized carbons (Fsp3) is 0.500. The van der Waals surface area contributed by atoms with E-state index in [4.69, 9.17) is 4.74 Å². The first kappa shape index (κ1) is 16.9. The molecule has 4 atom stereocenters. The average Bonchev–Trinajstić information content (AvgIpc) is 3.33. The van der Waals surface area contributed by atoms with Crippen molar-refractivity contribution in [3.05, 3.63) is 35.9 Å². The number of hydrogen-bond acceptors (Lipinski definition) is 5. The molecule has 2 aliphatic carbocycles. The Morgan fingerprint density at radius 1 is 1.00 bits per heavy atom. The summed E-state index contributed by atoms with van der Waals surface area (Å²) in [7, 11) is 0. The van der Waals surface area contributed by atoms with Crippen LogP contribution in [0.5, 0.6) is 0 Å². The fourth-order valence-electron chi connectivity index (χ4n) is 4.82. The number of likely N-dealkylation sites (tertiary alicyclic amines) is 1. The van der Waals surface area contributed by atoms with Crippen molar-refractivity contribution in [1.29, 1.82) is 0 Å². The number of benzene rings is 1. The molecule has 0 unspecified atom stereocenters. The molecule has 1 aromatic carbocycles. The maximum Gasteiger partial charge on any atom is 0.308 e. The van der Waals surface area contributed by atoms with Gasteiger partial charge in [0.1, 0.15) is 0 Å². The highest BCUT2D eigenvalue weighted by Gasteiger charge is 2.60. The first-order valence-electron chi connectivity index (χ1n) is 9.15. The number of fused-ring (bicyclic) bond motifs is 5. The predicted molar refractivity (Wildman–Crippen MR) is 90.9 cm³/mol. The van der Waals surface area contributed by atoms with Crippen molar-refractivity contribution in [3.63, 3.8) is 0 Å². The molecule has 6 nitrogen and oxygen atoms in total. The number of imide groups is 1. The Labute approximate surface area is 151 Å². The average molecular weight is 355 g/mol. The molecule has 1 aromatic rings. The van der Waals surface area contributed by atoms with Crippen LogP contribution in [-0.4, -0.2) is 41.6 Å². The highest BCUT2D eigenvalue weighted by atomic mass is 16.5. The standard InChI is InChI=1S/C20H21NO5/c22-15(12-4-2-1-3-5-12)11-26-16(23)8-9-21-19(24)17-13-6-7-14(10-13)18(17)20(21)25/h1-5,13-14,17-18H,6-11H2/t13-,14-,17-,18+/m0/s1. The Hall–Kier alpha value is -2.50. The Balaban J connectivity index is 1.28. The lowest BCUT2D eigenvalue weighted by Gasteiger charge is -2.19. The topological polar surface area (TPSA) is 80.8 Å². The molecule has 0 radical (unpaired) electrons. The Kier molecular flexibility index (Phi) is 4.34.